The van der Waals surface area contributed by atoms with Crippen LogP contribution in [0.1, 0.15) is 53.9 Å². The fraction of sp³-hybridized carbons (Fsp3) is 0.265. The molecule has 16 nitrogen and oxygen atoms in total. The van der Waals surface area contributed by atoms with Gasteiger partial charge >= 0.3 is 0 Å². The number of amides is 4. The summed E-state index contributed by atoms with van der Waals surface area (Å²) in [6.07, 6.45) is 4.88. The number of aryl methyl sites for hydroxylation is 2. The number of aromatic amines is 2. The molecule has 0 bridgehead atoms. The molecule has 4 heterocycles. The summed E-state index contributed by atoms with van der Waals surface area (Å²) in [5, 5.41) is 23.4. The summed E-state index contributed by atoms with van der Waals surface area (Å²) in [7, 11) is 3.33. The maximum absolute atomic E-state index is 13.3. The number of carbonyl (C=O) groups is 4. The largest absolute Gasteiger partial charge is 0.409 e. The van der Waals surface area contributed by atoms with Crippen molar-refractivity contribution >= 4 is 86.3 Å². The van der Waals surface area contributed by atoms with Gasteiger partial charge in [0.1, 0.15) is 28.6 Å². The predicted octanol–water partition coefficient (Wildman–Crippen LogP) is 4.39. The average molecular weight is 753 g/mol. The highest BCUT2D eigenvalue weighted by atomic mass is 35.5. The van der Waals surface area contributed by atoms with Crippen molar-refractivity contribution in [1.29, 1.82) is 0 Å². The normalized spacial score (nSPS) is 11.4. The first-order valence-corrected chi connectivity index (χ1v) is 17.2. The van der Waals surface area contributed by atoms with E-state index in [9.17, 15) is 19.2 Å². The Morgan fingerprint density at radius 2 is 1.52 bits per heavy atom. The maximum Gasteiger partial charge on any atom is 0.272 e. The van der Waals surface area contributed by atoms with Gasteiger partial charge in [0.05, 0.1) is 17.1 Å². The molecule has 18 heteroatoms. The molecule has 0 aliphatic carbocycles. The van der Waals surface area contributed by atoms with E-state index in [0.717, 1.165) is 16.6 Å². The van der Waals surface area contributed by atoms with Crippen LogP contribution >= 0.6 is 23.2 Å². The molecule has 0 radical (unpaired) electrons. The zero-order valence-corrected chi connectivity index (χ0v) is 30.2. The van der Waals surface area contributed by atoms with E-state index >= 15 is 0 Å². The molecule has 274 valence electrons. The van der Waals surface area contributed by atoms with Gasteiger partial charge in [-0.05, 0) is 43.3 Å². The van der Waals surface area contributed by atoms with Crippen LogP contribution < -0.4 is 31.9 Å². The molecule has 5 rings (SSSR count). The highest BCUT2D eigenvalue weighted by Crippen LogP contribution is 2.25. The van der Waals surface area contributed by atoms with E-state index in [0.29, 0.717) is 53.2 Å². The smallest absolute Gasteiger partial charge is 0.272 e. The highest BCUT2D eigenvalue weighted by Gasteiger charge is 2.21. The lowest BCUT2D eigenvalue weighted by molar-refractivity contribution is 0.0944. The zero-order valence-electron chi connectivity index (χ0n) is 28.6. The minimum Gasteiger partial charge on any atom is -0.409 e. The number of nitrogens with zero attached hydrogens (tertiary/aromatic N) is 4. The third kappa shape index (κ3) is 8.52. The Balaban J connectivity index is 1.20. The molecule has 0 spiro atoms. The number of hydrogen-bond donors (Lipinski definition) is 8. The van der Waals surface area contributed by atoms with Gasteiger partial charge in [-0.3, -0.25) is 19.2 Å². The van der Waals surface area contributed by atoms with Gasteiger partial charge in [0.2, 0.25) is 0 Å². The quantitative estimate of drug-likeness (QED) is 0.0253. The van der Waals surface area contributed by atoms with Gasteiger partial charge in [-0.15, -0.1) is 23.2 Å². The van der Waals surface area contributed by atoms with Gasteiger partial charge in [-0.2, -0.15) is 0 Å². The second-order valence-corrected chi connectivity index (χ2v) is 12.7. The molecule has 0 atom stereocenters. The van der Waals surface area contributed by atoms with Crippen molar-refractivity contribution in [3.63, 3.8) is 0 Å². The number of hydrogen-bond acceptors (Lipinski definition) is 7. The van der Waals surface area contributed by atoms with Crippen LogP contribution in [0.25, 0.3) is 10.9 Å². The number of benzene rings is 1. The Bertz CT molecular complexity index is 2140. The molecule has 1 aromatic carbocycles. The standard InChI is InChI=1S/C34H39Cl2N11O5/c1-19-26(16-39-30(19)34(51)41-22-14-27(45(2)18-22)32(49)38-9-6-29(37)44-52)43-33(50)28-15-21(17-46(28)3)40-31(48)25-13-20-12-23(4-5-24(20)42-25)47(10-7-35)11-8-36/h4-5,12-18,39,42,52H,6-11H2,1-3H3,(H2,37,44)(H,38,49)(H,40,48)(H,41,51)(H,43,50). The number of oxime groups is 1. The predicted molar refractivity (Wildman–Crippen MR) is 203 cm³/mol. The highest BCUT2D eigenvalue weighted by molar-refractivity contribution is 6.18. The van der Waals surface area contributed by atoms with Gasteiger partial charge in [0, 0.05) is 92.7 Å². The third-order valence-electron chi connectivity index (χ3n) is 8.32. The fourth-order valence-electron chi connectivity index (χ4n) is 5.61. The van der Waals surface area contributed by atoms with E-state index in [4.69, 9.17) is 34.1 Å². The summed E-state index contributed by atoms with van der Waals surface area (Å²) in [5.74, 6) is -0.826. The van der Waals surface area contributed by atoms with Crippen LogP contribution in [0.5, 0.6) is 0 Å². The first-order chi connectivity index (χ1) is 24.9. The van der Waals surface area contributed by atoms with E-state index in [1.54, 1.807) is 54.7 Å². The van der Waals surface area contributed by atoms with Crippen LogP contribution in [-0.2, 0) is 14.1 Å². The van der Waals surface area contributed by atoms with Crippen molar-refractivity contribution in [2.45, 2.75) is 13.3 Å². The molecule has 9 N–H and O–H groups in total. The van der Waals surface area contributed by atoms with Crippen molar-refractivity contribution < 1.29 is 24.4 Å². The molecule has 0 fully saturated rings. The monoisotopic (exact) mass is 751 g/mol. The molecule has 0 aliphatic rings. The molecule has 4 amide bonds. The van der Waals surface area contributed by atoms with E-state index in [2.05, 4.69) is 41.3 Å². The van der Waals surface area contributed by atoms with E-state index in [1.807, 2.05) is 18.2 Å². The molecule has 0 aliphatic heterocycles. The van der Waals surface area contributed by atoms with Gasteiger partial charge in [0.25, 0.3) is 23.6 Å². The number of nitrogens with one attached hydrogen (secondary N) is 6. The van der Waals surface area contributed by atoms with Crippen LogP contribution in [0.3, 0.4) is 0 Å². The van der Waals surface area contributed by atoms with Crippen LogP contribution in [0.15, 0.2) is 60.1 Å². The maximum atomic E-state index is 13.3. The second-order valence-electron chi connectivity index (χ2n) is 11.9. The lowest BCUT2D eigenvalue weighted by Crippen LogP contribution is -2.29. The number of amidine groups is 1. The van der Waals surface area contributed by atoms with Crippen molar-refractivity contribution in [3.05, 3.63) is 83.3 Å². The van der Waals surface area contributed by atoms with Crippen molar-refractivity contribution in [2.24, 2.45) is 25.0 Å². The fourth-order valence-corrected chi connectivity index (χ4v) is 6.02. The van der Waals surface area contributed by atoms with Crippen LogP contribution in [0.2, 0.25) is 0 Å². The number of carbonyl (C=O) groups excluding carboxylic acids is 4. The second kappa shape index (κ2) is 16.4. The number of rotatable bonds is 15. The first kappa shape index (κ1) is 37.4. The average Bonchev–Trinajstić information content (AvgIpc) is 3.89. The minimum absolute atomic E-state index is 0.0130. The van der Waals surface area contributed by atoms with Crippen LogP contribution in [0.4, 0.5) is 22.7 Å². The van der Waals surface area contributed by atoms with E-state index in [1.165, 1.54) is 12.3 Å². The number of nitrogens with two attached hydrogens (primary N) is 1. The summed E-state index contributed by atoms with van der Waals surface area (Å²) in [6, 6.07) is 10.6. The van der Waals surface area contributed by atoms with E-state index in [-0.39, 0.29) is 41.8 Å². The van der Waals surface area contributed by atoms with Crippen molar-refractivity contribution in [3.8, 4) is 0 Å². The van der Waals surface area contributed by atoms with Crippen molar-refractivity contribution in [1.82, 2.24) is 24.4 Å². The van der Waals surface area contributed by atoms with Gasteiger partial charge in [0.15, 0.2) is 0 Å². The Morgan fingerprint density at radius 1 is 0.885 bits per heavy atom. The lowest BCUT2D eigenvalue weighted by Gasteiger charge is -2.22. The number of fused-ring (bicyclic) bond motifs is 1. The molecule has 0 saturated carbocycles. The Kier molecular flexibility index (Phi) is 11.8. The number of H-pyrrole nitrogens is 2. The summed E-state index contributed by atoms with van der Waals surface area (Å²) >= 11 is 11.9. The summed E-state index contributed by atoms with van der Waals surface area (Å²) in [6.45, 7) is 3.12. The summed E-state index contributed by atoms with van der Waals surface area (Å²) in [5.41, 5.74) is 9.94. The SMILES string of the molecule is Cc1c(NC(=O)c2cc(NC(=O)c3cc4cc(N(CCCl)CCCl)ccc4[nH]3)cn2C)c[nH]c1C(=O)Nc1cc(C(=O)NCCC(N)=NO)n(C)c1. The van der Waals surface area contributed by atoms with Gasteiger partial charge < -0.3 is 56.2 Å². The van der Waals surface area contributed by atoms with Crippen LogP contribution in [0, 0.1) is 6.92 Å². The first-order valence-electron chi connectivity index (χ1n) is 16.1. The van der Waals surface area contributed by atoms with Crippen molar-refractivity contribution in [2.75, 3.05) is 52.2 Å². The molecule has 5 aromatic rings. The summed E-state index contributed by atoms with van der Waals surface area (Å²) in [4.78, 5) is 60.3. The molecule has 0 unspecified atom stereocenters. The third-order valence-corrected chi connectivity index (χ3v) is 8.66. The van der Waals surface area contributed by atoms with Crippen LogP contribution in [-0.4, -0.2) is 85.2 Å². The lowest BCUT2D eigenvalue weighted by atomic mass is 10.2. The minimum atomic E-state index is -0.484. The number of aromatic nitrogens is 4. The topological polar surface area (TPSA) is 220 Å². The Hall–Kier alpha value is -5.87. The molecule has 0 saturated heterocycles. The molecule has 4 aromatic heterocycles. The number of alkyl halides is 2. The Labute approximate surface area is 308 Å². The molecular formula is C34H39Cl2N11O5. The van der Waals surface area contributed by atoms with Gasteiger partial charge in [-0.25, -0.2) is 0 Å². The summed E-state index contributed by atoms with van der Waals surface area (Å²) < 4.78 is 3.13. The number of anilines is 4. The van der Waals surface area contributed by atoms with Gasteiger partial charge in [-0.1, -0.05) is 5.16 Å². The number of halogens is 2. The Morgan fingerprint density at radius 3 is 2.15 bits per heavy atom. The zero-order chi connectivity index (χ0) is 37.5. The van der Waals surface area contributed by atoms with E-state index < -0.39 is 17.7 Å². The molecule has 52 heavy (non-hydrogen) atoms. The molecular weight excluding hydrogens is 713 g/mol.